The van der Waals surface area contributed by atoms with E-state index < -0.39 is 31.9 Å². The smallest absolute Gasteiger partial charge is 0.0599 e. The molecule has 0 unspecified atom stereocenters. The molecule has 0 atom stereocenters. The number of benzene rings is 2. The van der Waals surface area contributed by atoms with Gasteiger partial charge >= 0.3 is 178 Å². The summed E-state index contributed by atoms with van der Waals surface area (Å²) in [5, 5.41) is 2.82. The van der Waals surface area contributed by atoms with E-state index >= 15 is 0 Å². The van der Waals surface area contributed by atoms with Crippen molar-refractivity contribution in [2.24, 2.45) is 12.5 Å². The molecular formula is C30H36GeN3O+. The zero-order valence-electron chi connectivity index (χ0n) is 26.8. The van der Waals surface area contributed by atoms with E-state index in [1.54, 1.807) is 44.6 Å². The van der Waals surface area contributed by atoms with E-state index in [2.05, 4.69) is 28.3 Å². The van der Waals surface area contributed by atoms with Crippen molar-refractivity contribution in [1.29, 1.82) is 0 Å². The van der Waals surface area contributed by atoms with Crippen LogP contribution >= 0.6 is 0 Å². The van der Waals surface area contributed by atoms with E-state index in [4.69, 9.17) is 16.3 Å². The van der Waals surface area contributed by atoms with Crippen molar-refractivity contribution in [1.82, 2.24) is 9.97 Å². The number of hydrogen-bond donors (Lipinski definition) is 0. The Kier molecular flexibility index (Phi) is 4.32. The topological polar surface area (TPSA) is 42.8 Å². The fourth-order valence-electron chi connectivity index (χ4n) is 4.55. The van der Waals surface area contributed by atoms with E-state index in [9.17, 15) is 0 Å². The Morgan fingerprint density at radius 3 is 2.54 bits per heavy atom. The molecule has 0 saturated carbocycles. The second-order valence-corrected chi connectivity index (χ2v) is 21.9. The minimum absolute atomic E-state index is 0.0115. The quantitative estimate of drug-likeness (QED) is 0.190. The third kappa shape index (κ3) is 4.37. The van der Waals surface area contributed by atoms with Crippen LogP contribution < -0.4 is 9.22 Å². The van der Waals surface area contributed by atoms with Crippen LogP contribution in [0.4, 0.5) is 0 Å². The van der Waals surface area contributed by atoms with E-state index in [1.807, 2.05) is 31.3 Å². The molecule has 0 radical (unpaired) electrons. The van der Waals surface area contributed by atoms with Gasteiger partial charge in [0.15, 0.2) is 0 Å². The molecule has 0 fully saturated rings. The Labute approximate surface area is 217 Å². The Balaban J connectivity index is 1.83. The molecule has 0 aliphatic rings. The Hall–Kier alpha value is -2.73. The molecule has 0 spiro atoms. The number of aryl methyl sites for hydroxylation is 3. The van der Waals surface area contributed by atoms with E-state index in [-0.39, 0.29) is 11.1 Å². The van der Waals surface area contributed by atoms with Gasteiger partial charge in [-0.15, -0.1) is 0 Å². The van der Waals surface area contributed by atoms with Crippen molar-refractivity contribution in [2.45, 2.75) is 58.2 Å². The van der Waals surface area contributed by atoms with E-state index in [1.165, 1.54) is 0 Å². The first-order chi connectivity index (χ1) is 18.3. The van der Waals surface area contributed by atoms with Crippen LogP contribution in [0, 0.1) is 19.2 Å². The molecule has 0 bridgehead atoms. The van der Waals surface area contributed by atoms with Gasteiger partial charge in [0.05, 0.1) is 0 Å². The van der Waals surface area contributed by atoms with Crippen molar-refractivity contribution in [3.05, 3.63) is 59.4 Å². The Morgan fingerprint density at radius 2 is 1.86 bits per heavy atom. The number of aromatic nitrogens is 3. The van der Waals surface area contributed by atoms with Crippen LogP contribution in [-0.2, 0) is 13.4 Å². The van der Waals surface area contributed by atoms with Gasteiger partial charge in [-0.3, -0.25) is 0 Å². The second kappa shape index (κ2) is 8.16. The average Bonchev–Trinajstić information content (AvgIpc) is 3.17. The predicted octanol–water partition coefficient (Wildman–Crippen LogP) is 6.77. The molecule has 3 heterocycles. The van der Waals surface area contributed by atoms with Crippen molar-refractivity contribution in [2.75, 3.05) is 0 Å². The van der Waals surface area contributed by atoms with E-state index in [0.717, 1.165) is 37.5 Å². The number of hydrogen-bond acceptors (Lipinski definition) is 3. The van der Waals surface area contributed by atoms with Gasteiger partial charge in [-0.1, -0.05) is 20.8 Å². The van der Waals surface area contributed by atoms with Crippen LogP contribution in [0.3, 0.4) is 0 Å². The molecule has 5 rings (SSSR count). The fraction of sp³-hybridized carbons (Fsp3) is 0.367. The number of nitrogens with zero attached hydrogens (tertiary/aromatic N) is 3. The molecule has 0 amide bonds. The number of furan rings is 1. The summed E-state index contributed by atoms with van der Waals surface area (Å²) in [6.07, 6.45) is 1.54. The molecule has 0 aliphatic heterocycles. The van der Waals surface area contributed by atoms with Crippen molar-refractivity contribution in [3.8, 4) is 11.3 Å². The molecule has 5 aromatic rings. The molecule has 5 heteroatoms. The monoisotopic (exact) mass is 533 g/mol. The van der Waals surface area contributed by atoms with Crippen LogP contribution in [0.1, 0.15) is 44.3 Å². The average molecular weight is 532 g/mol. The summed E-state index contributed by atoms with van der Waals surface area (Å²) in [6.45, 7) is 4.88. The third-order valence-corrected chi connectivity index (χ3v) is 9.58. The van der Waals surface area contributed by atoms with Gasteiger partial charge in [-0.05, 0) is 12.3 Å². The fourth-order valence-corrected chi connectivity index (χ4v) is 6.45. The van der Waals surface area contributed by atoms with Gasteiger partial charge in [0.2, 0.25) is 0 Å². The summed E-state index contributed by atoms with van der Waals surface area (Å²) in [6, 6.07) is 9.81. The van der Waals surface area contributed by atoms with Crippen LogP contribution in [0.25, 0.3) is 44.1 Å². The molecule has 35 heavy (non-hydrogen) atoms. The molecule has 0 N–H and O–H groups in total. The first kappa shape index (κ1) is 18.5. The first-order valence-corrected chi connectivity index (χ1v) is 19.3. The summed E-state index contributed by atoms with van der Waals surface area (Å²) < 4.78 is 51.7. The van der Waals surface area contributed by atoms with Gasteiger partial charge in [0, 0.05) is 6.85 Å². The van der Waals surface area contributed by atoms with Crippen LogP contribution in [-0.4, -0.2) is 23.2 Å². The van der Waals surface area contributed by atoms with E-state index in [0.29, 0.717) is 16.9 Å². The maximum atomic E-state index is 8.99. The van der Waals surface area contributed by atoms with Crippen molar-refractivity contribution < 1.29 is 15.8 Å². The van der Waals surface area contributed by atoms with Crippen LogP contribution in [0.2, 0.25) is 17.3 Å². The normalized spacial score (nSPS) is 15.7. The molecule has 180 valence electrons. The molecule has 3 aromatic heterocycles. The Morgan fingerprint density at radius 1 is 1.09 bits per heavy atom. The summed E-state index contributed by atoms with van der Waals surface area (Å²) >= 11 is -2.22. The molecular weight excluding hydrogens is 491 g/mol. The van der Waals surface area contributed by atoms with Crippen molar-refractivity contribution >= 4 is 50.8 Å². The summed E-state index contributed by atoms with van der Waals surface area (Å²) in [4.78, 5) is 9.56. The van der Waals surface area contributed by atoms with Gasteiger partial charge < -0.3 is 0 Å². The van der Waals surface area contributed by atoms with Gasteiger partial charge in [0.1, 0.15) is 0 Å². The van der Waals surface area contributed by atoms with Crippen molar-refractivity contribution in [3.63, 3.8) is 0 Å². The summed E-state index contributed by atoms with van der Waals surface area (Å²) in [5.74, 6) is 6.80. The molecule has 0 saturated heterocycles. The zero-order chi connectivity index (χ0) is 29.6. The zero-order valence-corrected chi connectivity index (χ0v) is 23.9. The number of pyridine rings is 1. The SMILES string of the molecule is [2H]C([2H])([2H])c1c[n+](C)c(-c2c(C)ccc3c2oc2cc4n[c]([Ge]([CH3])([CH3])[CH3])ncc4cc23)cc1C([2H])([2H])C(C)(C)C. The summed E-state index contributed by atoms with van der Waals surface area (Å²) in [5.41, 5.74) is 4.02. The number of fused-ring (bicyclic) bond motifs is 4. The third-order valence-electron chi connectivity index (χ3n) is 6.26. The Bertz CT molecular complexity index is 1810. The summed E-state index contributed by atoms with van der Waals surface area (Å²) in [7, 11) is 1.80. The van der Waals surface area contributed by atoms with Gasteiger partial charge in [-0.25, -0.2) is 0 Å². The van der Waals surface area contributed by atoms with Gasteiger partial charge in [0.25, 0.3) is 0 Å². The number of rotatable bonds is 3. The molecule has 4 nitrogen and oxygen atoms in total. The minimum atomic E-state index is -2.47. The first-order valence-electron chi connectivity index (χ1n) is 14.5. The molecule has 2 aromatic carbocycles. The standard InChI is InChI=1S/C30H36GeN3O/c1-18-10-11-22-23-12-21-16-32-29(31(6,7)8)33-24(21)14-26(23)35-28(22)27(18)25-13-20(15-30(3,4)5)19(2)17-34(25)9/h10-14,16-17H,15H2,1-9H3/q+1/i2D3,15D2. The molecule has 0 aliphatic carbocycles. The second-order valence-electron chi connectivity index (χ2n) is 11.6. The van der Waals surface area contributed by atoms with Gasteiger partial charge in [-0.2, -0.15) is 0 Å². The predicted molar refractivity (Wildman–Crippen MR) is 149 cm³/mol. The van der Waals surface area contributed by atoms with Crippen LogP contribution in [0.5, 0.6) is 0 Å². The minimum Gasteiger partial charge on any atom is -0.0599 e. The van der Waals surface area contributed by atoms with Crippen LogP contribution in [0.15, 0.2) is 47.1 Å². The maximum absolute atomic E-state index is 8.99.